The van der Waals surface area contributed by atoms with Crippen molar-refractivity contribution in [2.45, 2.75) is 43.7 Å². The Balaban J connectivity index is 1.45. The second-order valence-corrected chi connectivity index (χ2v) is 9.47. The van der Waals surface area contributed by atoms with E-state index in [1.165, 1.54) is 6.26 Å². The number of hydrogen-bond acceptors (Lipinski definition) is 5. The Labute approximate surface area is 145 Å². The number of nitrogens with one attached hydrogen (secondary N) is 1. The molecule has 3 N–H and O–H groups in total. The average molecular weight is 358 g/mol. The van der Waals surface area contributed by atoms with Gasteiger partial charge in [-0.2, -0.15) is 0 Å². The van der Waals surface area contributed by atoms with E-state index in [1.54, 1.807) is 4.31 Å². The van der Waals surface area contributed by atoms with Crippen molar-refractivity contribution in [1.82, 2.24) is 14.5 Å². The van der Waals surface area contributed by atoms with Crippen molar-refractivity contribution in [2.24, 2.45) is 11.7 Å². The number of carbonyl (C=O) groups is 1. The van der Waals surface area contributed by atoms with Crippen molar-refractivity contribution in [1.29, 1.82) is 0 Å². The third-order valence-electron chi connectivity index (χ3n) is 5.94. The molecule has 0 saturated carbocycles. The van der Waals surface area contributed by atoms with Crippen molar-refractivity contribution in [3.63, 3.8) is 0 Å². The Morgan fingerprint density at radius 2 is 2.21 bits per heavy atom. The smallest absolute Gasteiger partial charge is 0.237 e. The van der Waals surface area contributed by atoms with Gasteiger partial charge in [0.15, 0.2) is 0 Å². The van der Waals surface area contributed by atoms with Crippen LogP contribution in [-0.4, -0.2) is 74.1 Å². The molecule has 3 rings (SSSR count). The van der Waals surface area contributed by atoms with E-state index in [2.05, 4.69) is 16.6 Å². The van der Waals surface area contributed by atoms with Crippen molar-refractivity contribution < 1.29 is 13.2 Å². The zero-order valence-electron chi connectivity index (χ0n) is 14.4. The highest BCUT2D eigenvalue weighted by atomic mass is 32.2. The number of nitrogens with zero attached hydrogens (tertiary/aromatic N) is 2. The Hall–Kier alpha value is -0.700. The van der Waals surface area contributed by atoms with Crippen molar-refractivity contribution in [3.8, 4) is 0 Å². The predicted molar refractivity (Wildman–Crippen MR) is 92.6 cm³/mol. The second kappa shape index (κ2) is 6.90. The van der Waals surface area contributed by atoms with Crippen LogP contribution < -0.4 is 11.1 Å². The molecule has 0 aromatic rings. The number of nitrogens with two attached hydrogens (primary N) is 1. The highest BCUT2D eigenvalue weighted by Crippen LogP contribution is 2.43. The molecule has 0 aliphatic carbocycles. The molecular formula is C16H29N4O3S. The molecule has 3 heterocycles. The molecular weight excluding hydrogens is 328 g/mol. The third kappa shape index (κ3) is 3.47. The molecule has 3 saturated heterocycles. The fourth-order valence-corrected chi connectivity index (χ4v) is 5.48. The number of primary amides is 1. The SMILES string of the molecule is CS(=O)(=O)N1CC[C@@H](CNCCN2[C@@H]3C[CH]C[C@@]2(C(N)=O)CC3)C1. The van der Waals surface area contributed by atoms with Gasteiger partial charge in [-0.3, -0.25) is 9.69 Å². The number of rotatable bonds is 7. The molecule has 3 aliphatic heterocycles. The van der Waals surface area contributed by atoms with Gasteiger partial charge in [-0.1, -0.05) is 0 Å². The normalized spacial score (nSPS) is 34.7. The lowest BCUT2D eigenvalue weighted by Crippen LogP contribution is -2.59. The van der Waals surface area contributed by atoms with Gasteiger partial charge in [0.2, 0.25) is 15.9 Å². The zero-order valence-corrected chi connectivity index (χ0v) is 15.2. The minimum atomic E-state index is -3.06. The summed E-state index contributed by atoms with van der Waals surface area (Å²) >= 11 is 0. The third-order valence-corrected chi connectivity index (χ3v) is 7.21. The molecule has 3 aliphatic rings. The van der Waals surface area contributed by atoms with Crippen LogP contribution in [0, 0.1) is 12.3 Å². The van der Waals surface area contributed by atoms with Gasteiger partial charge < -0.3 is 11.1 Å². The molecule has 7 nitrogen and oxygen atoms in total. The van der Waals surface area contributed by atoms with E-state index in [-0.39, 0.29) is 5.91 Å². The maximum Gasteiger partial charge on any atom is 0.237 e. The summed E-state index contributed by atoms with van der Waals surface area (Å²) in [7, 11) is -3.06. The molecule has 24 heavy (non-hydrogen) atoms. The lowest BCUT2D eigenvalue weighted by atomic mass is 9.87. The van der Waals surface area contributed by atoms with Crippen LogP contribution in [0.5, 0.6) is 0 Å². The second-order valence-electron chi connectivity index (χ2n) is 7.49. The summed E-state index contributed by atoms with van der Waals surface area (Å²) in [6, 6.07) is 0.445. The highest BCUT2D eigenvalue weighted by Gasteiger charge is 2.52. The molecule has 8 heteroatoms. The largest absolute Gasteiger partial charge is 0.368 e. The van der Waals surface area contributed by atoms with Crippen LogP contribution in [0.15, 0.2) is 0 Å². The first-order valence-electron chi connectivity index (χ1n) is 8.87. The molecule has 1 radical (unpaired) electrons. The van der Waals surface area contributed by atoms with Crippen LogP contribution in [0.3, 0.4) is 0 Å². The van der Waals surface area contributed by atoms with Gasteiger partial charge >= 0.3 is 0 Å². The Kier molecular flexibility index (Phi) is 5.20. The lowest BCUT2D eigenvalue weighted by molar-refractivity contribution is -0.130. The van der Waals surface area contributed by atoms with Crippen LogP contribution in [0.1, 0.15) is 32.1 Å². The molecule has 3 atom stereocenters. The molecule has 2 bridgehead atoms. The van der Waals surface area contributed by atoms with E-state index in [0.29, 0.717) is 25.0 Å². The number of fused-ring (bicyclic) bond motifs is 2. The summed E-state index contributed by atoms with van der Waals surface area (Å²) in [5.41, 5.74) is 5.24. The first-order chi connectivity index (χ1) is 11.3. The zero-order chi connectivity index (χ0) is 17.4. The van der Waals surface area contributed by atoms with E-state index < -0.39 is 15.6 Å². The number of sulfonamides is 1. The van der Waals surface area contributed by atoms with Crippen LogP contribution in [0.2, 0.25) is 0 Å². The predicted octanol–water partition coefficient (Wildman–Crippen LogP) is -0.456. The number of hydrogen-bond donors (Lipinski definition) is 2. The highest BCUT2D eigenvalue weighted by molar-refractivity contribution is 7.88. The summed E-state index contributed by atoms with van der Waals surface area (Å²) < 4.78 is 24.6. The lowest BCUT2D eigenvalue weighted by Gasteiger charge is -2.42. The maximum atomic E-state index is 12.0. The van der Waals surface area contributed by atoms with Gasteiger partial charge in [-0.25, -0.2) is 12.7 Å². The summed E-state index contributed by atoms with van der Waals surface area (Å²) in [4.78, 5) is 14.3. The van der Waals surface area contributed by atoms with E-state index >= 15 is 0 Å². The fraction of sp³-hybridized carbons (Fsp3) is 0.875. The fourth-order valence-electron chi connectivity index (χ4n) is 4.57. The number of piperidine rings is 1. The molecule has 0 spiro atoms. The monoisotopic (exact) mass is 357 g/mol. The van der Waals surface area contributed by atoms with Crippen LogP contribution >= 0.6 is 0 Å². The topological polar surface area (TPSA) is 95.7 Å². The van der Waals surface area contributed by atoms with Crippen molar-refractivity contribution >= 4 is 15.9 Å². The van der Waals surface area contributed by atoms with Gasteiger partial charge in [0, 0.05) is 32.2 Å². The quantitative estimate of drug-likeness (QED) is 0.602. The average Bonchev–Trinajstić information content (AvgIpc) is 3.05. The molecule has 3 fully saturated rings. The van der Waals surface area contributed by atoms with Gasteiger partial charge in [0.25, 0.3) is 0 Å². The molecule has 0 aromatic heterocycles. The molecule has 137 valence electrons. The first kappa shape index (κ1) is 18.1. The molecule has 1 amide bonds. The van der Waals surface area contributed by atoms with E-state index in [1.807, 2.05) is 0 Å². The molecule has 0 aromatic carbocycles. The Morgan fingerprint density at radius 1 is 1.42 bits per heavy atom. The van der Waals surface area contributed by atoms with E-state index in [4.69, 9.17) is 5.73 Å². The van der Waals surface area contributed by atoms with Crippen LogP contribution in [0.4, 0.5) is 0 Å². The number of amides is 1. The summed E-state index contributed by atoms with van der Waals surface area (Å²) in [6.07, 6.45) is 8.12. The van der Waals surface area contributed by atoms with E-state index in [0.717, 1.165) is 51.7 Å². The number of carbonyl (C=O) groups excluding carboxylic acids is 1. The van der Waals surface area contributed by atoms with Crippen LogP contribution in [-0.2, 0) is 14.8 Å². The van der Waals surface area contributed by atoms with Crippen molar-refractivity contribution in [3.05, 3.63) is 6.42 Å². The summed E-state index contributed by atoms with van der Waals surface area (Å²) in [5, 5.41) is 3.45. The van der Waals surface area contributed by atoms with Crippen molar-refractivity contribution in [2.75, 3.05) is 39.0 Å². The standard InChI is InChI=1S/C16H29N4O3S/c1-24(22,23)19-9-5-13(12-19)11-18-8-10-20-14-3-2-6-16(20,7-4-14)15(17)21/h2,13-14,18H,3-12H2,1H3,(H2,17,21)/t13-,14+,16-/m0/s1. The first-order valence-corrected chi connectivity index (χ1v) is 10.7. The summed E-state index contributed by atoms with van der Waals surface area (Å²) in [6.45, 7) is 3.68. The summed E-state index contributed by atoms with van der Waals surface area (Å²) in [5.74, 6) is 0.178. The van der Waals surface area contributed by atoms with Gasteiger partial charge in [0.1, 0.15) is 5.54 Å². The Bertz CT molecular complexity index is 578. The maximum absolute atomic E-state index is 12.0. The van der Waals surface area contributed by atoms with Gasteiger partial charge in [-0.15, -0.1) is 0 Å². The Morgan fingerprint density at radius 3 is 2.88 bits per heavy atom. The molecule has 0 unspecified atom stereocenters. The van der Waals surface area contributed by atoms with Gasteiger partial charge in [0.05, 0.1) is 6.26 Å². The van der Waals surface area contributed by atoms with E-state index in [9.17, 15) is 13.2 Å². The van der Waals surface area contributed by atoms with Gasteiger partial charge in [-0.05, 0) is 51.0 Å². The minimum absolute atomic E-state index is 0.194. The minimum Gasteiger partial charge on any atom is -0.368 e. The van der Waals surface area contributed by atoms with Crippen LogP contribution in [0.25, 0.3) is 0 Å².